The molecule has 39 heavy (non-hydrogen) atoms. The molecule has 0 saturated carbocycles. The number of aliphatic imine (C=N–C) groups is 1. The third-order valence-electron chi connectivity index (χ3n) is 5.81. The van der Waals surface area contributed by atoms with E-state index in [-0.39, 0.29) is 18.4 Å². The molecule has 2 aliphatic rings. The summed E-state index contributed by atoms with van der Waals surface area (Å²) < 4.78 is 21.8. The van der Waals surface area contributed by atoms with Crippen molar-refractivity contribution in [3.05, 3.63) is 56.9 Å². The first-order valence-electron chi connectivity index (χ1n) is 12.2. The fraction of sp³-hybridized carbons (Fsp3) is 0.333. The second-order valence-electron chi connectivity index (χ2n) is 8.45. The number of thioether (sulfide) groups is 1. The quantitative estimate of drug-likeness (QED) is 0.322. The van der Waals surface area contributed by atoms with Gasteiger partial charge in [-0.25, -0.2) is 9.79 Å². The highest BCUT2D eigenvalue weighted by molar-refractivity contribution is 9.10. The number of ether oxygens (including phenoxy) is 4. The molecule has 2 saturated heterocycles. The van der Waals surface area contributed by atoms with Crippen molar-refractivity contribution < 1.29 is 33.3 Å². The SMILES string of the molecule is CCOc1cc(/C=C2/SC(=Nc3cccc(C(=O)N4CCOCC4)c3)N(C)C2=O)cc(Br)c1OCC(=O)OC. The van der Waals surface area contributed by atoms with Gasteiger partial charge in [0, 0.05) is 25.7 Å². The molecule has 10 nitrogen and oxygen atoms in total. The predicted molar refractivity (Wildman–Crippen MR) is 151 cm³/mol. The third kappa shape index (κ3) is 7.00. The average Bonchev–Trinajstić information content (AvgIpc) is 3.20. The number of amidine groups is 1. The Bertz CT molecular complexity index is 1320. The molecule has 12 heteroatoms. The van der Waals surface area contributed by atoms with E-state index < -0.39 is 5.97 Å². The predicted octanol–water partition coefficient (Wildman–Crippen LogP) is 4.11. The molecule has 0 atom stereocenters. The van der Waals surface area contributed by atoms with Gasteiger partial charge in [-0.3, -0.25) is 14.5 Å². The van der Waals surface area contributed by atoms with Gasteiger partial charge < -0.3 is 23.8 Å². The zero-order valence-corrected chi connectivity index (χ0v) is 24.2. The summed E-state index contributed by atoms with van der Waals surface area (Å²) in [5.74, 6) is -0.0179. The Morgan fingerprint density at radius 2 is 1.95 bits per heavy atom. The summed E-state index contributed by atoms with van der Waals surface area (Å²) in [4.78, 5) is 45.8. The van der Waals surface area contributed by atoms with Crippen LogP contribution in [0.25, 0.3) is 6.08 Å². The first-order chi connectivity index (χ1) is 18.8. The summed E-state index contributed by atoms with van der Waals surface area (Å²) in [7, 11) is 2.94. The molecule has 4 rings (SSSR count). The lowest BCUT2D eigenvalue weighted by atomic mass is 10.1. The topological polar surface area (TPSA) is 107 Å². The summed E-state index contributed by atoms with van der Waals surface area (Å²) in [6, 6.07) is 10.6. The van der Waals surface area contributed by atoms with Crippen LogP contribution < -0.4 is 9.47 Å². The number of likely N-dealkylation sites (N-methyl/N-ethyl adjacent to an activating group) is 1. The number of halogens is 1. The van der Waals surface area contributed by atoms with Crippen molar-refractivity contribution in [2.24, 2.45) is 4.99 Å². The van der Waals surface area contributed by atoms with Gasteiger partial charge in [-0.05, 0) is 76.6 Å². The van der Waals surface area contributed by atoms with Crippen LogP contribution in [0.1, 0.15) is 22.8 Å². The van der Waals surface area contributed by atoms with E-state index >= 15 is 0 Å². The molecule has 0 radical (unpaired) electrons. The Morgan fingerprint density at radius 3 is 2.67 bits per heavy atom. The number of hydrogen-bond donors (Lipinski definition) is 0. The van der Waals surface area contributed by atoms with Crippen LogP contribution in [0.3, 0.4) is 0 Å². The fourth-order valence-corrected chi connectivity index (χ4v) is 5.40. The minimum Gasteiger partial charge on any atom is -0.490 e. The van der Waals surface area contributed by atoms with Crippen LogP contribution in [0.2, 0.25) is 0 Å². The molecule has 0 spiro atoms. The van der Waals surface area contributed by atoms with E-state index in [0.717, 1.165) is 0 Å². The van der Waals surface area contributed by atoms with Gasteiger partial charge in [0.1, 0.15) is 0 Å². The van der Waals surface area contributed by atoms with Gasteiger partial charge in [0.05, 0.1) is 42.0 Å². The summed E-state index contributed by atoms with van der Waals surface area (Å²) in [6.07, 6.45) is 1.74. The van der Waals surface area contributed by atoms with E-state index in [1.807, 2.05) is 6.92 Å². The van der Waals surface area contributed by atoms with Gasteiger partial charge >= 0.3 is 5.97 Å². The molecular weight excluding hydrogens is 590 g/mol. The minimum absolute atomic E-state index is 0.0702. The van der Waals surface area contributed by atoms with Crippen molar-refractivity contribution in [2.75, 3.05) is 53.7 Å². The Balaban J connectivity index is 1.56. The molecule has 2 amide bonds. The molecule has 206 valence electrons. The van der Waals surface area contributed by atoms with E-state index in [1.54, 1.807) is 54.4 Å². The van der Waals surface area contributed by atoms with Crippen molar-refractivity contribution in [3.8, 4) is 11.5 Å². The number of hydrogen-bond acceptors (Lipinski definition) is 9. The summed E-state index contributed by atoms with van der Waals surface area (Å²) in [6.45, 7) is 4.10. The third-order valence-corrected chi connectivity index (χ3v) is 7.46. The number of carbonyl (C=O) groups is 3. The lowest BCUT2D eigenvalue weighted by Gasteiger charge is -2.26. The van der Waals surface area contributed by atoms with Crippen LogP contribution in [0.4, 0.5) is 5.69 Å². The molecule has 2 aromatic carbocycles. The molecule has 0 bridgehead atoms. The summed E-state index contributed by atoms with van der Waals surface area (Å²) in [5, 5.41) is 0.490. The van der Waals surface area contributed by atoms with Crippen LogP contribution in [0.5, 0.6) is 11.5 Å². The van der Waals surface area contributed by atoms with Crippen LogP contribution in [-0.4, -0.2) is 86.4 Å². The molecule has 0 aromatic heterocycles. The Hall–Kier alpha value is -3.35. The Labute approximate surface area is 239 Å². The number of morpholine rings is 1. The monoisotopic (exact) mass is 617 g/mol. The lowest BCUT2D eigenvalue weighted by molar-refractivity contribution is -0.143. The van der Waals surface area contributed by atoms with E-state index in [2.05, 4.69) is 25.7 Å². The second kappa shape index (κ2) is 13.1. The smallest absolute Gasteiger partial charge is 0.343 e. The number of nitrogens with zero attached hydrogens (tertiary/aromatic N) is 3. The highest BCUT2D eigenvalue weighted by Gasteiger charge is 2.31. The van der Waals surface area contributed by atoms with Crippen LogP contribution >= 0.6 is 27.7 Å². The maximum atomic E-state index is 13.0. The number of esters is 1. The second-order valence-corrected chi connectivity index (χ2v) is 10.3. The molecular formula is C27H28BrN3O7S. The van der Waals surface area contributed by atoms with Crippen molar-refractivity contribution in [1.29, 1.82) is 0 Å². The molecule has 2 heterocycles. The molecule has 2 fully saturated rings. The normalized spacial score (nSPS) is 17.6. The average molecular weight is 619 g/mol. The van der Waals surface area contributed by atoms with E-state index in [4.69, 9.17) is 14.2 Å². The zero-order valence-electron chi connectivity index (χ0n) is 21.8. The van der Waals surface area contributed by atoms with Gasteiger partial charge in [-0.15, -0.1) is 0 Å². The zero-order chi connectivity index (χ0) is 27.9. The van der Waals surface area contributed by atoms with Crippen molar-refractivity contribution in [2.45, 2.75) is 6.92 Å². The van der Waals surface area contributed by atoms with Crippen LogP contribution in [0.15, 0.2) is 50.8 Å². The van der Waals surface area contributed by atoms with Gasteiger partial charge in [0.15, 0.2) is 23.3 Å². The highest BCUT2D eigenvalue weighted by atomic mass is 79.9. The molecule has 0 unspecified atom stereocenters. The first kappa shape index (κ1) is 28.7. The van der Waals surface area contributed by atoms with Gasteiger partial charge in [0.2, 0.25) is 0 Å². The molecule has 2 aliphatic heterocycles. The number of amides is 2. The maximum Gasteiger partial charge on any atom is 0.343 e. The first-order valence-corrected chi connectivity index (χ1v) is 13.8. The number of methoxy groups -OCH3 is 1. The largest absolute Gasteiger partial charge is 0.490 e. The summed E-state index contributed by atoms with van der Waals surface area (Å²) in [5.41, 5.74) is 1.81. The number of carbonyl (C=O) groups excluding carboxylic acids is 3. The van der Waals surface area contributed by atoms with E-state index in [1.165, 1.54) is 23.8 Å². The molecule has 2 aromatic rings. The van der Waals surface area contributed by atoms with Crippen molar-refractivity contribution in [1.82, 2.24) is 9.80 Å². The van der Waals surface area contributed by atoms with E-state index in [0.29, 0.717) is 75.8 Å². The van der Waals surface area contributed by atoms with Crippen LogP contribution in [-0.2, 0) is 19.1 Å². The standard InChI is InChI=1S/C27H28BrN3O7S/c1-4-37-21-13-17(12-20(28)24(21)38-16-23(32)35-3)14-22-26(34)30(2)27(39-22)29-19-7-5-6-18(15-19)25(33)31-8-10-36-11-9-31/h5-7,12-15H,4,8-11,16H2,1-3H3/b22-14+,29-27?. The summed E-state index contributed by atoms with van der Waals surface area (Å²) >= 11 is 4.70. The minimum atomic E-state index is -0.519. The van der Waals surface area contributed by atoms with Crippen molar-refractivity contribution in [3.63, 3.8) is 0 Å². The fourth-order valence-electron chi connectivity index (χ4n) is 3.84. The van der Waals surface area contributed by atoms with Crippen molar-refractivity contribution >= 4 is 62.4 Å². The van der Waals surface area contributed by atoms with Gasteiger partial charge in [-0.2, -0.15) is 0 Å². The highest BCUT2D eigenvalue weighted by Crippen LogP contribution is 2.39. The van der Waals surface area contributed by atoms with Gasteiger partial charge in [-0.1, -0.05) is 6.07 Å². The van der Waals surface area contributed by atoms with Gasteiger partial charge in [0.25, 0.3) is 11.8 Å². The van der Waals surface area contributed by atoms with Crippen LogP contribution in [0, 0.1) is 0 Å². The Kier molecular flexibility index (Phi) is 9.65. The molecule has 0 N–H and O–H groups in total. The molecule has 0 aliphatic carbocycles. The maximum absolute atomic E-state index is 13.0. The number of rotatable bonds is 8. The van der Waals surface area contributed by atoms with E-state index in [9.17, 15) is 14.4 Å². The number of benzene rings is 2. The lowest BCUT2D eigenvalue weighted by Crippen LogP contribution is -2.40. The Morgan fingerprint density at radius 1 is 1.18 bits per heavy atom.